The van der Waals surface area contributed by atoms with Gasteiger partial charge in [-0.1, -0.05) is 41.9 Å². The first-order valence-corrected chi connectivity index (χ1v) is 10.4. The van der Waals surface area contributed by atoms with Gasteiger partial charge in [0.15, 0.2) is 0 Å². The van der Waals surface area contributed by atoms with Crippen molar-refractivity contribution < 1.29 is 4.79 Å². The van der Waals surface area contributed by atoms with E-state index in [2.05, 4.69) is 28.3 Å². The normalized spacial score (nSPS) is 17.0. The van der Waals surface area contributed by atoms with Gasteiger partial charge in [0.25, 0.3) is 5.91 Å². The zero-order valence-corrected chi connectivity index (χ0v) is 17.2. The summed E-state index contributed by atoms with van der Waals surface area (Å²) in [6.07, 6.45) is 0.738. The molecule has 2 heterocycles. The summed E-state index contributed by atoms with van der Waals surface area (Å²) in [6, 6.07) is 17.4. The molecule has 1 aliphatic rings. The Hall–Kier alpha value is -2.44. The number of benzene rings is 2. The van der Waals surface area contributed by atoms with E-state index < -0.39 is 0 Å². The first kappa shape index (κ1) is 18.9. The highest BCUT2D eigenvalue weighted by Gasteiger charge is 2.29. The summed E-state index contributed by atoms with van der Waals surface area (Å²) in [7, 11) is 0. The molecule has 144 valence electrons. The lowest BCUT2D eigenvalue weighted by Crippen LogP contribution is -2.54. The van der Waals surface area contributed by atoms with Crippen molar-refractivity contribution in [2.45, 2.75) is 19.4 Å². The number of piperazine rings is 1. The molecule has 1 fully saturated rings. The summed E-state index contributed by atoms with van der Waals surface area (Å²) >= 11 is 7.36. The van der Waals surface area contributed by atoms with Crippen molar-refractivity contribution in [2.24, 2.45) is 0 Å². The molecule has 5 nitrogen and oxygen atoms in total. The summed E-state index contributed by atoms with van der Waals surface area (Å²) in [5, 5.41) is 1.56. The van der Waals surface area contributed by atoms with E-state index in [-0.39, 0.29) is 11.9 Å². The van der Waals surface area contributed by atoms with Gasteiger partial charge in [-0.15, -0.1) is 0 Å². The van der Waals surface area contributed by atoms with Gasteiger partial charge < -0.3 is 9.80 Å². The van der Waals surface area contributed by atoms with Gasteiger partial charge >= 0.3 is 0 Å². The van der Waals surface area contributed by atoms with Crippen LogP contribution in [0.15, 0.2) is 54.6 Å². The average Bonchev–Trinajstić information content (AvgIpc) is 3.17. The second-order valence-corrected chi connectivity index (χ2v) is 8.12. The topological polar surface area (TPSA) is 49.3 Å². The number of hydrogen-bond donors (Lipinski definition) is 0. The van der Waals surface area contributed by atoms with Gasteiger partial charge in [0.2, 0.25) is 5.13 Å². The summed E-state index contributed by atoms with van der Waals surface area (Å²) in [5.74, 6) is 0.893. The molecule has 1 aliphatic heterocycles. The second kappa shape index (κ2) is 8.29. The standard InChI is InChI=1S/C21H21ClN4OS/c1-15-14-25(11-12-26(15)20(27)17-7-9-18(22)10-8-17)21-23-19(24-28-21)13-16-5-3-2-4-6-16/h2-10,15H,11-14H2,1H3/t15-/m0/s1. The smallest absolute Gasteiger partial charge is 0.254 e. The van der Waals surface area contributed by atoms with Gasteiger partial charge in [-0.3, -0.25) is 4.79 Å². The largest absolute Gasteiger partial charge is 0.343 e. The van der Waals surface area contributed by atoms with E-state index in [1.165, 1.54) is 17.1 Å². The monoisotopic (exact) mass is 412 g/mol. The maximum Gasteiger partial charge on any atom is 0.254 e. The molecule has 0 radical (unpaired) electrons. The van der Waals surface area contributed by atoms with Crippen LogP contribution in [-0.2, 0) is 6.42 Å². The Labute approximate surface area is 173 Å². The van der Waals surface area contributed by atoms with Gasteiger partial charge in [0.1, 0.15) is 5.82 Å². The minimum Gasteiger partial charge on any atom is -0.343 e. The Morgan fingerprint density at radius 3 is 2.61 bits per heavy atom. The van der Waals surface area contributed by atoms with Crippen LogP contribution in [0.5, 0.6) is 0 Å². The number of rotatable bonds is 4. The van der Waals surface area contributed by atoms with Crippen LogP contribution in [0.4, 0.5) is 5.13 Å². The van der Waals surface area contributed by atoms with Gasteiger partial charge in [-0.2, -0.15) is 4.37 Å². The first-order valence-electron chi connectivity index (χ1n) is 9.28. The van der Waals surface area contributed by atoms with Crippen molar-refractivity contribution in [3.8, 4) is 0 Å². The second-order valence-electron chi connectivity index (χ2n) is 6.96. The number of amides is 1. The lowest BCUT2D eigenvalue weighted by Gasteiger charge is -2.39. The third-order valence-corrected chi connectivity index (χ3v) is 5.98. The minimum absolute atomic E-state index is 0.0471. The first-order chi connectivity index (χ1) is 13.6. The van der Waals surface area contributed by atoms with Crippen LogP contribution in [0.1, 0.15) is 28.7 Å². The van der Waals surface area contributed by atoms with E-state index in [9.17, 15) is 4.79 Å². The third-order valence-electron chi connectivity index (χ3n) is 4.91. The Morgan fingerprint density at radius 1 is 1.14 bits per heavy atom. The van der Waals surface area contributed by atoms with Crippen LogP contribution in [0.2, 0.25) is 5.02 Å². The molecule has 28 heavy (non-hydrogen) atoms. The quantitative estimate of drug-likeness (QED) is 0.646. The Kier molecular flexibility index (Phi) is 5.59. The van der Waals surface area contributed by atoms with Crippen LogP contribution >= 0.6 is 23.1 Å². The molecule has 1 amide bonds. The van der Waals surface area contributed by atoms with E-state index in [0.29, 0.717) is 17.1 Å². The Bertz CT molecular complexity index is 945. The molecule has 0 spiro atoms. The number of aromatic nitrogens is 2. The van der Waals surface area contributed by atoms with Crippen LogP contribution in [0.25, 0.3) is 0 Å². The number of hydrogen-bond acceptors (Lipinski definition) is 5. The SMILES string of the molecule is C[C@H]1CN(c2nc(Cc3ccccc3)ns2)CCN1C(=O)c1ccc(Cl)cc1. The predicted octanol–water partition coefficient (Wildman–Crippen LogP) is 4.13. The maximum absolute atomic E-state index is 12.8. The Balaban J connectivity index is 1.40. The van der Waals surface area contributed by atoms with Crippen LogP contribution in [-0.4, -0.2) is 45.8 Å². The molecular weight excluding hydrogens is 392 g/mol. The average molecular weight is 413 g/mol. The fourth-order valence-electron chi connectivity index (χ4n) is 3.41. The summed E-state index contributed by atoms with van der Waals surface area (Å²) in [5.41, 5.74) is 1.88. The van der Waals surface area contributed by atoms with Crippen LogP contribution in [0.3, 0.4) is 0 Å². The molecule has 0 saturated carbocycles. The summed E-state index contributed by atoms with van der Waals surface area (Å²) < 4.78 is 4.52. The molecule has 0 bridgehead atoms. The van der Waals surface area contributed by atoms with Crippen LogP contribution in [0, 0.1) is 0 Å². The summed E-state index contributed by atoms with van der Waals surface area (Å²) in [4.78, 5) is 21.7. The molecule has 1 aromatic heterocycles. The van der Waals surface area contributed by atoms with E-state index in [0.717, 1.165) is 30.5 Å². The number of anilines is 1. The lowest BCUT2D eigenvalue weighted by atomic mass is 10.1. The van der Waals surface area contributed by atoms with Crippen molar-refractivity contribution >= 4 is 34.2 Å². The number of carbonyl (C=O) groups is 1. The minimum atomic E-state index is 0.0471. The molecular formula is C21H21ClN4OS. The van der Waals surface area contributed by atoms with Crippen molar-refractivity contribution in [3.63, 3.8) is 0 Å². The van der Waals surface area contributed by atoms with E-state index in [1.54, 1.807) is 24.3 Å². The zero-order valence-electron chi connectivity index (χ0n) is 15.6. The van der Waals surface area contributed by atoms with Gasteiger partial charge in [-0.25, -0.2) is 4.98 Å². The van der Waals surface area contributed by atoms with Crippen LogP contribution < -0.4 is 4.90 Å². The fraction of sp³-hybridized carbons (Fsp3) is 0.286. The fourth-order valence-corrected chi connectivity index (χ4v) is 4.26. The van der Waals surface area contributed by atoms with E-state index >= 15 is 0 Å². The highest BCUT2D eigenvalue weighted by atomic mass is 35.5. The lowest BCUT2D eigenvalue weighted by molar-refractivity contribution is 0.0674. The van der Waals surface area contributed by atoms with Crippen molar-refractivity contribution in [1.82, 2.24) is 14.3 Å². The maximum atomic E-state index is 12.8. The molecule has 0 aliphatic carbocycles. The van der Waals surface area contributed by atoms with Gasteiger partial charge in [0.05, 0.1) is 0 Å². The Morgan fingerprint density at radius 2 is 1.89 bits per heavy atom. The number of halogens is 1. The molecule has 1 atom stereocenters. The molecule has 0 N–H and O–H groups in total. The number of nitrogens with zero attached hydrogens (tertiary/aromatic N) is 4. The van der Waals surface area contributed by atoms with Crippen molar-refractivity contribution in [2.75, 3.05) is 24.5 Å². The van der Waals surface area contributed by atoms with Gasteiger partial charge in [0, 0.05) is 54.2 Å². The number of carbonyl (C=O) groups excluding carboxylic acids is 1. The summed E-state index contributed by atoms with van der Waals surface area (Å²) in [6.45, 7) is 4.24. The highest BCUT2D eigenvalue weighted by Crippen LogP contribution is 2.23. The molecule has 4 rings (SSSR count). The molecule has 2 aromatic carbocycles. The molecule has 3 aromatic rings. The van der Waals surface area contributed by atoms with Crippen molar-refractivity contribution in [1.29, 1.82) is 0 Å². The zero-order chi connectivity index (χ0) is 19.5. The highest BCUT2D eigenvalue weighted by molar-refractivity contribution is 7.09. The van der Waals surface area contributed by atoms with Crippen molar-refractivity contribution in [3.05, 3.63) is 76.6 Å². The van der Waals surface area contributed by atoms with E-state index in [4.69, 9.17) is 16.6 Å². The molecule has 7 heteroatoms. The third kappa shape index (κ3) is 4.18. The van der Waals surface area contributed by atoms with E-state index in [1.807, 2.05) is 23.1 Å². The predicted molar refractivity (Wildman–Crippen MR) is 113 cm³/mol. The molecule has 1 saturated heterocycles. The molecule has 0 unspecified atom stereocenters. The van der Waals surface area contributed by atoms with Gasteiger partial charge in [-0.05, 0) is 36.8 Å².